The van der Waals surface area contributed by atoms with Gasteiger partial charge in [-0.3, -0.25) is 0 Å². The first-order valence-corrected chi connectivity index (χ1v) is 2.70. The van der Waals surface area contributed by atoms with Gasteiger partial charge in [-0.15, -0.1) is 0 Å². The van der Waals surface area contributed by atoms with Crippen LogP contribution in [-0.4, -0.2) is 9.97 Å². The van der Waals surface area contributed by atoms with Gasteiger partial charge in [0, 0.05) is 6.20 Å². The molecule has 0 saturated carbocycles. The van der Waals surface area contributed by atoms with E-state index in [1.165, 1.54) is 19.4 Å². The molecule has 1 aromatic rings. The third kappa shape index (κ3) is 1.45. The number of hydrogen-bond acceptors (Lipinski definition) is 2. The van der Waals surface area contributed by atoms with Crippen molar-refractivity contribution in [3.8, 4) is 0 Å². The Kier molecular flexibility index (Phi) is 1.72. The highest BCUT2D eigenvalue weighted by Gasteiger charge is 2.00. The van der Waals surface area contributed by atoms with Crippen molar-refractivity contribution in [2.45, 2.75) is 13.1 Å². The lowest BCUT2D eigenvalue weighted by Crippen LogP contribution is -1.89. The van der Waals surface area contributed by atoms with Gasteiger partial charge in [-0.25, -0.2) is 14.4 Å². The van der Waals surface area contributed by atoms with E-state index in [0.717, 1.165) is 0 Å². The van der Waals surface area contributed by atoms with Crippen molar-refractivity contribution < 1.29 is 4.39 Å². The van der Waals surface area contributed by atoms with E-state index in [4.69, 9.17) is 0 Å². The van der Waals surface area contributed by atoms with Crippen LogP contribution in [0.25, 0.3) is 0 Å². The summed E-state index contributed by atoms with van der Waals surface area (Å²) in [6, 6.07) is 1.56. The highest BCUT2D eigenvalue weighted by atomic mass is 19.1. The van der Waals surface area contributed by atoms with E-state index >= 15 is 0 Å². The average Bonchev–Trinajstić information content (AvgIpc) is 1.90. The van der Waals surface area contributed by atoms with Gasteiger partial charge in [0.2, 0.25) is 0 Å². The predicted octanol–water partition coefficient (Wildman–Crippen LogP) is 1.51. The lowest BCUT2D eigenvalue weighted by atomic mass is 10.3. The van der Waals surface area contributed by atoms with Crippen molar-refractivity contribution in [1.29, 1.82) is 0 Å². The van der Waals surface area contributed by atoms with Crippen LogP contribution < -0.4 is 0 Å². The van der Waals surface area contributed by atoms with Crippen LogP contribution >= 0.6 is 0 Å². The number of rotatable bonds is 1. The molecule has 0 unspecified atom stereocenters. The van der Waals surface area contributed by atoms with E-state index in [2.05, 4.69) is 9.97 Å². The molecule has 48 valence electrons. The molecule has 1 rings (SSSR count). The smallest absolute Gasteiger partial charge is 0.139 e. The minimum atomic E-state index is -0.993. The molecule has 0 amide bonds. The molecule has 9 heavy (non-hydrogen) atoms. The molecular weight excluding hydrogens is 119 g/mol. The van der Waals surface area contributed by atoms with E-state index in [-0.39, 0.29) is 0 Å². The van der Waals surface area contributed by atoms with Crippen LogP contribution in [0.3, 0.4) is 0 Å². The first-order valence-electron chi connectivity index (χ1n) is 2.70. The van der Waals surface area contributed by atoms with Crippen LogP contribution in [0.4, 0.5) is 4.39 Å². The van der Waals surface area contributed by atoms with Gasteiger partial charge < -0.3 is 0 Å². The molecule has 1 aromatic heterocycles. The van der Waals surface area contributed by atoms with E-state index in [0.29, 0.717) is 5.69 Å². The van der Waals surface area contributed by atoms with Gasteiger partial charge in [0.25, 0.3) is 0 Å². The number of hydrogen-bond donors (Lipinski definition) is 0. The molecule has 1 heterocycles. The molecule has 0 saturated heterocycles. The molecule has 0 aliphatic heterocycles. The normalized spacial score (nSPS) is 13.1. The molecule has 0 radical (unpaired) electrons. The molecule has 2 nitrogen and oxygen atoms in total. The van der Waals surface area contributed by atoms with Crippen LogP contribution in [0, 0.1) is 0 Å². The monoisotopic (exact) mass is 126 g/mol. The Labute approximate surface area is 52.8 Å². The maximum absolute atomic E-state index is 12.3. The summed E-state index contributed by atoms with van der Waals surface area (Å²) >= 11 is 0. The maximum atomic E-state index is 12.3. The number of halogens is 1. The molecule has 3 heteroatoms. The average molecular weight is 126 g/mol. The Hall–Kier alpha value is -0.990. The van der Waals surface area contributed by atoms with Crippen molar-refractivity contribution in [2.75, 3.05) is 0 Å². The van der Waals surface area contributed by atoms with Crippen LogP contribution in [0.5, 0.6) is 0 Å². The van der Waals surface area contributed by atoms with Gasteiger partial charge in [-0.05, 0) is 13.0 Å². The first kappa shape index (κ1) is 6.13. The van der Waals surface area contributed by atoms with Crippen molar-refractivity contribution in [3.63, 3.8) is 0 Å². The van der Waals surface area contributed by atoms with Gasteiger partial charge in [0.05, 0.1) is 5.69 Å². The fourth-order valence-corrected chi connectivity index (χ4v) is 0.536. The summed E-state index contributed by atoms with van der Waals surface area (Å²) in [5, 5.41) is 0. The molecule has 0 aliphatic rings. The van der Waals surface area contributed by atoms with Crippen LogP contribution in [0.15, 0.2) is 18.6 Å². The first-order chi connectivity index (χ1) is 4.30. The van der Waals surface area contributed by atoms with E-state index in [9.17, 15) is 4.39 Å². The zero-order chi connectivity index (χ0) is 6.69. The molecule has 0 aliphatic carbocycles. The lowest BCUT2D eigenvalue weighted by molar-refractivity contribution is 0.365. The van der Waals surface area contributed by atoms with Crippen molar-refractivity contribution >= 4 is 0 Å². The highest BCUT2D eigenvalue weighted by Crippen LogP contribution is 2.10. The van der Waals surface area contributed by atoms with Gasteiger partial charge in [-0.2, -0.15) is 0 Å². The quantitative estimate of drug-likeness (QED) is 0.570. The Bertz CT molecular complexity index is 174. The second kappa shape index (κ2) is 2.53. The predicted molar refractivity (Wildman–Crippen MR) is 31.6 cm³/mol. The number of nitrogens with zero attached hydrogens (tertiary/aromatic N) is 2. The maximum Gasteiger partial charge on any atom is 0.139 e. The SMILES string of the molecule is C[C@H](F)c1ccncn1. The van der Waals surface area contributed by atoms with Crippen LogP contribution in [0.2, 0.25) is 0 Å². The Morgan fingerprint density at radius 1 is 1.67 bits per heavy atom. The van der Waals surface area contributed by atoms with Gasteiger partial charge in [-0.1, -0.05) is 0 Å². The molecule has 0 aromatic carbocycles. The zero-order valence-corrected chi connectivity index (χ0v) is 5.08. The van der Waals surface area contributed by atoms with E-state index in [1.54, 1.807) is 6.07 Å². The Morgan fingerprint density at radius 3 is 2.78 bits per heavy atom. The zero-order valence-electron chi connectivity index (χ0n) is 5.08. The van der Waals surface area contributed by atoms with E-state index < -0.39 is 6.17 Å². The minimum absolute atomic E-state index is 0.435. The van der Waals surface area contributed by atoms with Crippen LogP contribution in [0.1, 0.15) is 18.8 Å². The summed E-state index contributed by atoms with van der Waals surface area (Å²) < 4.78 is 12.3. The van der Waals surface area contributed by atoms with Gasteiger partial charge in [0.15, 0.2) is 0 Å². The summed E-state index contributed by atoms with van der Waals surface area (Å²) in [5.74, 6) is 0. The van der Waals surface area contributed by atoms with Crippen molar-refractivity contribution in [1.82, 2.24) is 9.97 Å². The second-order valence-corrected chi connectivity index (χ2v) is 1.75. The molecule has 0 spiro atoms. The Morgan fingerprint density at radius 2 is 2.44 bits per heavy atom. The topological polar surface area (TPSA) is 25.8 Å². The molecular formula is C6H7FN2. The molecule has 0 bridgehead atoms. The van der Waals surface area contributed by atoms with Gasteiger partial charge >= 0.3 is 0 Å². The number of alkyl halides is 1. The fraction of sp³-hybridized carbons (Fsp3) is 0.333. The summed E-state index contributed by atoms with van der Waals surface area (Å²) in [4.78, 5) is 7.34. The third-order valence-corrected chi connectivity index (χ3v) is 1.01. The molecule has 0 fully saturated rings. The van der Waals surface area contributed by atoms with Gasteiger partial charge in [0.1, 0.15) is 12.5 Å². The summed E-state index contributed by atoms with van der Waals surface area (Å²) in [6.45, 7) is 1.45. The Balaban J connectivity index is 2.85. The summed E-state index contributed by atoms with van der Waals surface area (Å²) in [5.41, 5.74) is 0.435. The summed E-state index contributed by atoms with van der Waals surface area (Å²) in [6.07, 6.45) is 1.87. The molecule has 0 N–H and O–H groups in total. The lowest BCUT2D eigenvalue weighted by Gasteiger charge is -1.96. The highest BCUT2D eigenvalue weighted by molar-refractivity contribution is 5.00. The largest absolute Gasteiger partial charge is 0.245 e. The van der Waals surface area contributed by atoms with Crippen LogP contribution in [-0.2, 0) is 0 Å². The molecule has 1 atom stereocenters. The van der Waals surface area contributed by atoms with Crippen molar-refractivity contribution in [3.05, 3.63) is 24.3 Å². The standard InChI is InChI=1S/C6H7FN2/c1-5(7)6-2-3-8-4-9-6/h2-5H,1H3/t5-/m0/s1. The fourth-order valence-electron chi connectivity index (χ4n) is 0.536. The summed E-state index contributed by atoms with van der Waals surface area (Å²) in [7, 11) is 0. The van der Waals surface area contributed by atoms with Crippen molar-refractivity contribution in [2.24, 2.45) is 0 Å². The van der Waals surface area contributed by atoms with E-state index in [1.807, 2.05) is 0 Å². The second-order valence-electron chi connectivity index (χ2n) is 1.75. The minimum Gasteiger partial charge on any atom is -0.245 e. The number of aromatic nitrogens is 2. The third-order valence-electron chi connectivity index (χ3n) is 1.01.